The van der Waals surface area contributed by atoms with Crippen LogP contribution in [0.5, 0.6) is 0 Å². The molecule has 0 aliphatic rings. The second kappa shape index (κ2) is 6.34. The number of hydrogen-bond acceptors (Lipinski definition) is 5. The van der Waals surface area contributed by atoms with Crippen LogP contribution in [-0.2, 0) is 12.7 Å². The molecule has 0 radical (unpaired) electrons. The first-order valence-electron chi connectivity index (χ1n) is 7.09. The van der Waals surface area contributed by atoms with Crippen LogP contribution in [0.15, 0.2) is 51.6 Å². The average Bonchev–Trinajstić information content (AvgIpc) is 3.21. The SMILES string of the molecule is Nc1onc(-c2ccco2)c1C(=O)NCc1ccc(C(F)(F)F)cc1. The highest BCUT2D eigenvalue weighted by Gasteiger charge is 2.30. The molecule has 0 saturated heterocycles. The topological polar surface area (TPSA) is 94.3 Å². The molecule has 0 atom stereocenters. The van der Waals surface area contributed by atoms with Crippen molar-refractivity contribution in [3.05, 3.63) is 59.4 Å². The molecule has 0 fully saturated rings. The van der Waals surface area contributed by atoms with Gasteiger partial charge in [0.05, 0.1) is 11.8 Å². The first-order valence-corrected chi connectivity index (χ1v) is 7.09. The van der Waals surface area contributed by atoms with E-state index in [2.05, 4.69) is 10.5 Å². The zero-order valence-corrected chi connectivity index (χ0v) is 12.6. The van der Waals surface area contributed by atoms with Crippen molar-refractivity contribution >= 4 is 11.8 Å². The van der Waals surface area contributed by atoms with Crippen LogP contribution in [0.2, 0.25) is 0 Å². The molecule has 3 N–H and O–H groups in total. The van der Waals surface area contributed by atoms with Crippen LogP contribution in [0, 0.1) is 0 Å². The Bertz CT molecular complexity index is 868. The Kier molecular flexibility index (Phi) is 4.22. The normalized spacial score (nSPS) is 11.5. The Morgan fingerprint density at radius 2 is 1.92 bits per heavy atom. The minimum atomic E-state index is -4.41. The molecule has 0 saturated carbocycles. The van der Waals surface area contributed by atoms with Crippen LogP contribution < -0.4 is 11.1 Å². The minimum absolute atomic E-state index is 0.00172. The van der Waals surface area contributed by atoms with Gasteiger partial charge in [0.2, 0.25) is 5.88 Å². The Morgan fingerprint density at radius 1 is 1.20 bits per heavy atom. The van der Waals surface area contributed by atoms with Crippen molar-refractivity contribution < 1.29 is 26.9 Å². The average molecular weight is 351 g/mol. The van der Waals surface area contributed by atoms with Gasteiger partial charge in [0, 0.05) is 6.54 Å². The molecule has 25 heavy (non-hydrogen) atoms. The number of anilines is 1. The van der Waals surface area contributed by atoms with Crippen molar-refractivity contribution in [2.75, 3.05) is 5.73 Å². The molecule has 130 valence electrons. The number of hydrogen-bond donors (Lipinski definition) is 2. The number of benzene rings is 1. The molecule has 0 bridgehead atoms. The summed E-state index contributed by atoms with van der Waals surface area (Å²) in [7, 11) is 0. The molecular formula is C16H12F3N3O3. The van der Waals surface area contributed by atoms with Crippen molar-refractivity contribution in [3.8, 4) is 11.5 Å². The summed E-state index contributed by atoms with van der Waals surface area (Å²) in [5.74, 6) is -0.457. The number of furan rings is 1. The van der Waals surface area contributed by atoms with Gasteiger partial charge in [-0.3, -0.25) is 4.79 Å². The van der Waals surface area contributed by atoms with Gasteiger partial charge in [-0.25, -0.2) is 0 Å². The van der Waals surface area contributed by atoms with Crippen LogP contribution >= 0.6 is 0 Å². The molecule has 6 nitrogen and oxygen atoms in total. The predicted octanol–water partition coefficient (Wildman–Crippen LogP) is 3.47. The third kappa shape index (κ3) is 3.49. The highest BCUT2D eigenvalue weighted by Crippen LogP contribution is 2.29. The summed E-state index contributed by atoms with van der Waals surface area (Å²) in [5.41, 5.74) is 5.51. The van der Waals surface area contributed by atoms with Gasteiger partial charge in [-0.1, -0.05) is 17.3 Å². The summed E-state index contributed by atoms with van der Waals surface area (Å²) in [5, 5.41) is 6.25. The molecule has 0 aliphatic carbocycles. The van der Waals surface area contributed by atoms with Gasteiger partial charge >= 0.3 is 6.18 Å². The smallest absolute Gasteiger partial charge is 0.416 e. The van der Waals surface area contributed by atoms with Gasteiger partial charge in [0.25, 0.3) is 5.91 Å². The first-order chi connectivity index (χ1) is 11.9. The molecule has 2 heterocycles. The number of nitrogens with one attached hydrogen (secondary N) is 1. The molecule has 3 aromatic rings. The van der Waals surface area contributed by atoms with E-state index >= 15 is 0 Å². The maximum atomic E-state index is 12.5. The van der Waals surface area contributed by atoms with E-state index in [1.165, 1.54) is 18.4 Å². The van der Waals surface area contributed by atoms with Crippen LogP contribution in [0.1, 0.15) is 21.5 Å². The molecule has 0 spiro atoms. The molecular weight excluding hydrogens is 339 g/mol. The van der Waals surface area contributed by atoms with Crippen LogP contribution in [0.4, 0.5) is 19.1 Å². The maximum absolute atomic E-state index is 12.5. The van der Waals surface area contributed by atoms with Gasteiger partial charge in [-0.05, 0) is 29.8 Å². The second-order valence-corrected chi connectivity index (χ2v) is 5.13. The number of halogens is 3. The van der Waals surface area contributed by atoms with Crippen molar-refractivity contribution in [2.45, 2.75) is 12.7 Å². The van der Waals surface area contributed by atoms with Crippen LogP contribution in [-0.4, -0.2) is 11.1 Å². The van der Waals surface area contributed by atoms with E-state index < -0.39 is 17.6 Å². The molecule has 9 heteroatoms. The van der Waals surface area contributed by atoms with Gasteiger partial charge in [0.1, 0.15) is 5.56 Å². The van der Waals surface area contributed by atoms with Crippen molar-refractivity contribution in [2.24, 2.45) is 0 Å². The van der Waals surface area contributed by atoms with Crippen LogP contribution in [0.3, 0.4) is 0 Å². The van der Waals surface area contributed by atoms with Crippen LogP contribution in [0.25, 0.3) is 11.5 Å². The Hall–Kier alpha value is -3.23. The van der Waals surface area contributed by atoms with Crippen molar-refractivity contribution in [3.63, 3.8) is 0 Å². The van der Waals surface area contributed by atoms with E-state index in [4.69, 9.17) is 14.7 Å². The molecule has 2 aromatic heterocycles. The number of carbonyl (C=O) groups is 1. The summed E-state index contributed by atoms with van der Waals surface area (Å²) >= 11 is 0. The number of nitrogens with zero attached hydrogens (tertiary/aromatic N) is 1. The fraction of sp³-hybridized carbons (Fsp3) is 0.125. The molecule has 3 rings (SSSR count). The summed E-state index contributed by atoms with van der Waals surface area (Å²) in [6, 6.07) is 7.67. The fourth-order valence-electron chi connectivity index (χ4n) is 2.19. The monoisotopic (exact) mass is 351 g/mol. The van der Waals surface area contributed by atoms with E-state index in [9.17, 15) is 18.0 Å². The zero-order valence-electron chi connectivity index (χ0n) is 12.6. The third-order valence-corrected chi connectivity index (χ3v) is 3.43. The number of aromatic nitrogens is 1. The van der Waals surface area contributed by atoms with E-state index in [-0.39, 0.29) is 23.7 Å². The van der Waals surface area contributed by atoms with Crippen molar-refractivity contribution in [1.29, 1.82) is 0 Å². The zero-order chi connectivity index (χ0) is 18.0. The number of amides is 1. The highest BCUT2D eigenvalue weighted by atomic mass is 19.4. The van der Waals surface area contributed by atoms with Gasteiger partial charge in [-0.15, -0.1) is 0 Å². The van der Waals surface area contributed by atoms with E-state index in [1.807, 2.05) is 0 Å². The number of nitrogens with two attached hydrogens (primary N) is 1. The molecule has 1 amide bonds. The van der Waals surface area contributed by atoms with Gasteiger partial charge < -0.3 is 20.0 Å². The second-order valence-electron chi connectivity index (χ2n) is 5.13. The minimum Gasteiger partial charge on any atom is -0.463 e. The number of rotatable bonds is 4. The fourth-order valence-corrected chi connectivity index (χ4v) is 2.19. The lowest BCUT2D eigenvalue weighted by atomic mass is 10.1. The summed E-state index contributed by atoms with van der Waals surface area (Å²) in [6.45, 7) is 0.0131. The Balaban J connectivity index is 1.73. The predicted molar refractivity (Wildman–Crippen MR) is 81.2 cm³/mol. The number of alkyl halides is 3. The highest BCUT2D eigenvalue weighted by molar-refractivity contribution is 6.03. The molecule has 0 aliphatic heterocycles. The summed E-state index contributed by atoms with van der Waals surface area (Å²) in [6.07, 6.45) is -3.00. The quantitative estimate of drug-likeness (QED) is 0.751. The lowest BCUT2D eigenvalue weighted by Gasteiger charge is -2.08. The van der Waals surface area contributed by atoms with Gasteiger partial charge in [0.15, 0.2) is 11.5 Å². The molecule has 1 aromatic carbocycles. The van der Waals surface area contributed by atoms with E-state index in [1.54, 1.807) is 12.1 Å². The first kappa shape index (κ1) is 16.6. The third-order valence-electron chi connectivity index (χ3n) is 3.43. The number of carbonyl (C=O) groups excluding carboxylic acids is 1. The van der Waals surface area contributed by atoms with Gasteiger partial charge in [-0.2, -0.15) is 13.2 Å². The van der Waals surface area contributed by atoms with E-state index in [0.717, 1.165) is 12.1 Å². The summed E-state index contributed by atoms with van der Waals surface area (Å²) in [4.78, 5) is 12.3. The number of nitrogen functional groups attached to an aromatic ring is 1. The lowest BCUT2D eigenvalue weighted by molar-refractivity contribution is -0.137. The maximum Gasteiger partial charge on any atom is 0.416 e. The van der Waals surface area contributed by atoms with Crippen molar-refractivity contribution in [1.82, 2.24) is 10.5 Å². The standard InChI is InChI=1S/C16H12F3N3O3/c17-16(18,19)10-5-3-9(4-6-10)8-21-15(23)12-13(22-25-14(12)20)11-2-1-7-24-11/h1-7H,8,20H2,(H,21,23). The Morgan fingerprint density at radius 3 is 2.52 bits per heavy atom. The largest absolute Gasteiger partial charge is 0.463 e. The van der Waals surface area contributed by atoms with E-state index in [0.29, 0.717) is 11.3 Å². The molecule has 0 unspecified atom stereocenters. The Labute approximate surface area is 139 Å². The lowest BCUT2D eigenvalue weighted by Crippen LogP contribution is -2.23. The summed E-state index contributed by atoms with van der Waals surface area (Å²) < 4.78 is 47.6.